The molecule has 0 radical (unpaired) electrons. The summed E-state index contributed by atoms with van der Waals surface area (Å²) in [4.78, 5) is 33.7. The first-order chi connectivity index (χ1) is 15.5. The number of nitrogens with one attached hydrogen (secondary N) is 2. The van der Waals surface area contributed by atoms with Gasteiger partial charge in [0.05, 0.1) is 10.4 Å². The minimum absolute atomic E-state index is 0.0300. The van der Waals surface area contributed by atoms with E-state index in [0.29, 0.717) is 6.42 Å². The number of benzene rings is 1. The van der Waals surface area contributed by atoms with Crippen molar-refractivity contribution < 1.29 is 18.0 Å². The van der Waals surface area contributed by atoms with Crippen molar-refractivity contribution in [2.45, 2.75) is 43.7 Å². The summed E-state index contributed by atoms with van der Waals surface area (Å²) in [6, 6.07) is 11.5. The molecule has 1 aromatic carbocycles. The summed E-state index contributed by atoms with van der Waals surface area (Å²) in [5, 5.41) is 5.56. The summed E-state index contributed by atoms with van der Waals surface area (Å²) in [6.07, 6.45) is 5.50. The van der Waals surface area contributed by atoms with Gasteiger partial charge in [0.15, 0.2) is 9.84 Å². The van der Waals surface area contributed by atoms with E-state index in [1.807, 2.05) is 26.8 Å². The van der Waals surface area contributed by atoms with Gasteiger partial charge in [-0.15, -0.1) is 0 Å². The normalized spacial score (nSPS) is 18.0. The smallest absolute Gasteiger partial charge is 0.270 e. The summed E-state index contributed by atoms with van der Waals surface area (Å²) < 4.78 is 23.3. The van der Waals surface area contributed by atoms with E-state index < -0.39 is 15.4 Å². The standard InChI is InChI=1S/C24H28N4O4S/c1-16(2)27-23(30)21-7-5-6-20(28-21)22(29)25-14-17-12-13-24(3,26-15-17)18-8-10-19(11-9-18)33(4,31)32/h5-12,15-16H,13-14H2,1-4H3,(H,25,29)(H,27,30). The van der Waals surface area contributed by atoms with Gasteiger partial charge < -0.3 is 10.6 Å². The lowest BCUT2D eigenvalue weighted by Crippen LogP contribution is -2.32. The molecule has 8 nitrogen and oxygen atoms in total. The lowest BCUT2D eigenvalue weighted by molar-refractivity contribution is 0.0937. The molecular weight excluding hydrogens is 440 g/mol. The van der Waals surface area contributed by atoms with E-state index in [0.717, 1.165) is 11.1 Å². The van der Waals surface area contributed by atoms with Crippen molar-refractivity contribution >= 4 is 27.9 Å². The number of carbonyl (C=O) groups is 2. The Morgan fingerprint density at radius 3 is 2.24 bits per heavy atom. The summed E-state index contributed by atoms with van der Waals surface area (Å²) in [6.45, 7) is 5.95. The summed E-state index contributed by atoms with van der Waals surface area (Å²) in [5.41, 5.74) is 1.60. The first-order valence-corrected chi connectivity index (χ1v) is 12.5. The van der Waals surface area contributed by atoms with Crippen LogP contribution >= 0.6 is 0 Å². The number of amides is 2. The molecule has 2 N–H and O–H groups in total. The van der Waals surface area contributed by atoms with Crippen molar-refractivity contribution in [3.8, 4) is 0 Å². The van der Waals surface area contributed by atoms with E-state index in [1.54, 1.807) is 48.7 Å². The van der Waals surface area contributed by atoms with E-state index in [-0.39, 0.29) is 40.7 Å². The minimum atomic E-state index is -3.25. The monoisotopic (exact) mass is 468 g/mol. The van der Waals surface area contributed by atoms with Crippen LogP contribution < -0.4 is 10.6 Å². The van der Waals surface area contributed by atoms with Crippen LogP contribution in [0.3, 0.4) is 0 Å². The Hall–Kier alpha value is -3.33. The zero-order valence-corrected chi connectivity index (χ0v) is 19.9. The van der Waals surface area contributed by atoms with Crippen LogP contribution in [0.25, 0.3) is 0 Å². The minimum Gasteiger partial charge on any atom is -0.349 e. The Morgan fingerprint density at radius 1 is 1.06 bits per heavy atom. The first-order valence-electron chi connectivity index (χ1n) is 10.6. The summed E-state index contributed by atoms with van der Waals surface area (Å²) in [7, 11) is -3.25. The van der Waals surface area contributed by atoms with Gasteiger partial charge in [-0.3, -0.25) is 14.6 Å². The molecule has 0 saturated carbocycles. The molecule has 9 heteroatoms. The fourth-order valence-electron chi connectivity index (χ4n) is 3.33. The highest BCUT2D eigenvalue weighted by atomic mass is 32.2. The number of aliphatic imine (C=N–C) groups is 1. The molecule has 0 fully saturated rings. The third kappa shape index (κ3) is 6.13. The molecule has 3 rings (SSSR count). The number of rotatable bonds is 7. The highest BCUT2D eigenvalue weighted by molar-refractivity contribution is 7.90. The SMILES string of the molecule is CC(C)NC(=O)c1cccc(C(=O)NCC2=CCC(C)(c3ccc(S(C)(=O)=O)cc3)N=C2)n1. The molecule has 1 aromatic heterocycles. The molecule has 0 bridgehead atoms. The Bertz CT molecular complexity index is 1220. The molecule has 0 aliphatic carbocycles. The maximum absolute atomic E-state index is 12.5. The summed E-state index contributed by atoms with van der Waals surface area (Å²) >= 11 is 0. The number of aromatic nitrogens is 1. The Labute approximate surface area is 194 Å². The number of hydrogen-bond acceptors (Lipinski definition) is 6. The van der Waals surface area contributed by atoms with Crippen molar-refractivity contribution in [2.24, 2.45) is 4.99 Å². The van der Waals surface area contributed by atoms with Crippen LogP contribution in [0.15, 0.2) is 64.0 Å². The van der Waals surface area contributed by atoms with E-state index in [2.05, 4.69) is 20.6 Å². The molecule has 174 valence electrons. The molecule has 2 amide bonds. The molecular formula is C24H28N4O4S. The van der Waals surface area contributed by atoms with E-state index in [1.165, 1.54) is 6.26 Å². The quantitative estimate of drug-likeness (QED) is 0.648. The van der Waals surface area contributed by atoms with Gasteiger partial charge >= 0.3 is 0 Å². The second kappa shape index (κ2) is 9.66. The van der Waals surface area contributed by atoms with Crippen LogP contribution in [-0.4, -0.2) is 50.3 Å². The maximum atomic E-state index is 12.5. The average molecular weight is 469 g/mol. The Balaban J connectivity index is 1.61. The zero-order valence-electron chi connectivity index (χ0n) is 19.1. The number of sulfone groups is 1. The van der Waals surface area contributed by atoms with Crippen LogP contribution in [0.5, 0.6) is 0 Å². The van der Waals surface area contributed by atoms with Gasteiger partial charge in [0.25, 0.3) is 11.8 Å². The van der Waals surface area contributed by atoms with Gasteiger partial charge in [-0.1, -0.05) is 24.3 Å². The average Bonchev–Trinajstić information content (AvgIpc) is 2.77. The molecule has 0 spiro atoms. The van der Waals surface area contributed by atoms with Crippen LogP contribution in [0.4, 0.5) is 0 Å². The van der Waals surface area contributed by atoms with Crippen molar-refractivity contribution in [3.63, 3.8) is 0 Å². The van der Waals surface area contributed by atoms with E-state index >= 15 is 0 Å². The number of hydrogen-bond donors (Lipinski definition) is 2. The van der Waals surface area contributed by atoms with Gasteiger partial charge in [-0.2, -0.15) is 0 Å². The number of dihydropyridines is 1. The Kier molecular flexibility index (Phi) is 7.12. The van der Waals surface area contributed by atoms with Crippen LogP contribution in [0.2, 0.25) is 0 Å². The van der Waals surface area contributed by atoms with Gasteiger partial charge in [0.1, 0.15) is 11.4 Å². The van der Waals surface area contributed by atoms with Crippen LogP contribution in [0.1, 0.15) is 53.7 Å². The van der Waals surface area contributed by atoms with Crippen molar-refractivity contribution in [1.29, 1.82) is 0 Å². The molecule has 33 heavy (non-hydrogen) atoms. The molecule has 0 saturated heterocycles. The number of carbonyl (C=O) groups excluding carboxylic acids is 2. The largest absolute Gasteiger partial charge is 0.349 e. The van der Waals surface area contributed by atoms with Crippen molar-refractivity contribution in [3.05, 3.63) is 71.1 Å². The van der Waals surface area contributed by atoms with Gasteiger partial charge in [0, 0.05) is 25.1 Å². The predicted octanol–water partition coefficient (Wildman–Crippen LogP) is 2.67. The lowest BCUT2D eigenvalue weighted by atomic mass is 9.87. The number of nitrogens with zero attached hydrogens (tertiary/aromatic N) is 2. The number of pyridine rings is 1. The van der Waals surface area contributed by atoms with Gasteiger partial charge in [0.2, 0.25) is 0 Å². The van der Waals surface area contributed by atoms with Gasteiger partial charge in [-0.05, 0) is 62.6 Å². The van der Waals surface area contributed by atoms with E-state index in [4.69, 9.17) is 0 Å². The fourth-order valence-corrected chi connectivity index (χ4v) is 3.96. The van der Waals surface area contributed by atoms with Crippen molar-refractivity contribution in [2.75, 3.05) is 12.8 Å². The molecule has 1 unspecified atom stereocenters. The predicted molar refractivity (Wildman–Crippen MR) is 127 cm³/mol. The zero-order chi connectivity index (χ0) is 24.2. The Morgan fingerprint density at radius 2 is 1.70 bits per heavy atom. The first kappa shape index (κ1) is 24.3. The maximum Gasteiger partial charge on any atom is 0.270 e. The highest BCUT2D eigenvalue weighted by Crippen LogP contribution is 2.33. The third-order valence-electron chi connectivity index (χ3n) is 5.27. The summed E-state index contributed by atoms with van der Waals surface area (Å²) in [5.74, 6) is -0.709. The molecule has 1 aliphatic rings. The lowest BCUT2D eigenvalue weighted by Gasteiger charge is -2.28. The van der Waals surface area contributed by atoms with Crippen molar-refractivity contribution in [1.82, 2.24) is 15.6 Å². The molecule has 1 aliphatic heterocycles. The van der Waals surface area contributed by atoms with Gasteiger partial charge in [-0.25, -0.2) is 13.4 Å². The third-order valence-corrected chi connectivity index (χ3v) is 6.40. The second-order valence-corrected chi connectivity index (χ2v) is 10.5. The molecule has 1 atom stereocenters. The molecule has 2 heterocycles. The fraction of sp³-hybridized carbons (Fsp3) is 0.333. The van der Waals surface area contributed by atoms with E-state index in [9.17, 15) is 18.0 Å². The second-order valence-electron chi connectivity index (χ2n) is 8.53. The topological polar surface area (TPSA) is 118 Å². The molecule has 2 aromatic rings. The van der Waals surface area contributed by atoms with Crippen LogP contribution in [0, 0.1) is 0 Å². The van der Waals surface area contributed by atoms with Crippen LogP contribution in [-0.2, 0) is 15.4 Å². The highest BCUT2D eigenvalue weighted by Gasteiger charge is 2.27.